The average Bonchev–Trinajstić information content (AvgIpc) is 2.97. The van der Waals surface area contributed by atoms with Gasteiger partial charge in [0.15, 0.2) is 0 Å². The van der Waals surface area contributed by atoms with Crippen LogP contribution in [0.1, 0.15) is 38.7 Å². The van der Waals surface area contributed by atoms with Gasteiger partial charge in [0.2, 0.25) is 11.8 Å². The van der Waals surface area contributed by atoms with Gasteiger partial charge in [0.05, 0.1) is 6.42 Å². The number of rotatable bonds is 4. The van der Waals surface area contributed by atoms with Crippen LogP contribution in [-0.4, -0.2) is 28.9 Å². The van der Waals surface area contributed by atoms with Crippen molar-refractivity contribution in [3.63, 3.8) is 0 Å². The fourth-order valence-electron chi connectivity index (χ4n) is 5.89. The number of primary amides is 1. The summed E-state index contributed by atoms with van der Waals surface area (Å²) in [4.78, 5) is 25.0. The monoisotopic (exact) mass is 327 g/mol. The van der Waals surface area contributed by atoms with Gasteiger partial charge in [0.25, 0.3) is 0 Å². The number of hydrogen-bond acceptors (Lipinski definition) is 3. The SMILES string of the molecule is CC12CN(NC(=O)Cc3ccccc3)C3(C(N)=O)CC1CCC23C. The summed E-state index contributed by atoms with van der Waals surface area (Å²) in [5, 5.41) is 1.87. The summed E-state index contributed by atoms with van der Waals surface area (Å²) in [6.07, 6.45) is 3.24. The van der Waals surface area contributed by atoms with Crippen molar-refractivity contribution in [1.29, 1.82) is 0 Å². The van der Waals surface area contributed by atoms with Crippen LogP contribution in [0.5, 0.6) is 0 Å². The number of carbonyl (C=O) groups is 2. The third kappa shape index (κ3) is 1.68. The summed E-state index contributed by atoms with van der Waals surface area (Å²) in [5.41, 5.74) is 9.01. The first kappa shape index (κ1) is 15.6. The summed E-state index contributed by atoms with van der Waals surface area (Å²) in [6, 6.07) is 9.65. The van der Waals surface area contributed by atoms with Crippen molar-refractivity contribution in [1.82, 2.24) is 10.4 Å². The lowest BCUT2D eigenvalue weighted by atomic mass is 9.65. The molecule has 0 aromatic heterocycles. The highest BCUT2D eigenvalue weighted by Gasteiger charge is 2.80. The van der Waals surface area contributed by atoms with E-state index in [4.69, 9.17) is 5.73 Å². The van der Waals surface area contributed by atoms with Gasteiger partial charge in [-0.25, -0.2) is 5.01 Å². The Morgan fingerprint density at radius 2 is 2.00 bits per heavy atom. The predicted molar refractivity (Wildman–Crippen MR) is 90.5 cm³/mol. The Bertz CT molecular complexity index is 706. The molecule has 24 heavy (non-hydrogen) atoms. The van der Waals surface area contributed by atoms with Crippen LogP contribution < -0.4 is 11.2 Å². The molecule has 4 atom stereocenters. The fourth-order valence-corrected chi connectivity index (χ4v) is 5.89. The number of nitrogens with one attached hydrogen (secondary N) is 1. The second-order valence-electron chi connectivity index (χ2n) is 8.20. The molecule has 1 aliphatic heterocycles. The minimum absolute atomic E-state index is 0.0437. The molecular weight excluding hydrogens is 302 g/mol. The molecule has 5 heteroatoms. The van der Waals surface area contributed by atoms with Crippen molar-refractivity contribution in [3.8, 4) is 0 Å². The number of benzene rings is 1. The molecule has 2 saturated carbocycles. The van der Waals surface area contributed by atoms with Gasteiger partial charge in [0.1, 0.15) is 5.54 Å². The molecule has 1 aromatic rings. The summed E-state index contributed by atoms with van der Waals surface area (Å²) >= 11 is 0. The van der Waals surface area contributed by atoms with Crippen LogP contribution in [0.4, 0.5) is 0 Å². The zero-order valence-corrected chi connectivity index (χ0v) is 14.3. The van der Waals surface area contributed by atoms with E-state index in [0.717, 1.165) is 24.8 Å². The topological polar surface area (TPSA) is 75.4 Å². The average molecular weight is 327 g/mol. The van der Waals surface area contributed by atoms with Crippen LogP contribution in [0.3, 0.4) is 0 Å². The third-order valence-corrected chi connectivity index (χ3v) is 7.43. The van der Waals surface area contributed by atoms with E-state index < -0.39 is 5.54 Å². The zero-order valence-electron chi connectivity index (χ0n) is 14.3. The standard InChI is InChI=1S/C19H25N3O2/c1-17-12-22(21-15(23)10-13-6-4-3-5-7-13)19(16(20)24)11-14(17)8-9-18(17,19)2/h3-7,14H,8-12H2,1-2H3,(H2,20,24)(H,21,23). The summed E-state index contributed by atoms with van der Waals surface area (Å²) < 4.78 is 0. The van der Waals surface area contributed by atoms with Gasteiger partial charge in [-0.05, 0) is 36.2 Å². The van der Waals surface area contributed by atoms with Gasteiger partial charge in [-0.2, -0.15) is 0 Å². The van der Waals surface area contributed by atoms with E-state index in [9.17, 15) is 9.59 Å². The lowest BCUT2D eigenvalue weighted by molar-refractivity contribution is -0.143. The number of nitrogens with zero attached hydrogens (tertiary/aromatic N) is 1. The van der Waals surface area contributed by atoms with Crippen molar-refractivity contribution >= 4 is 11.8 Å². The highest BCUT2D eigenvalue weighted by atomic mass is 16.2. The van der Waals surface area contributed by atoms with Gasteiger partial charge in [-0.1, -0.05) is 44.2 Å². The highest BCUT2D eigenvalue weighted by molar-refractivity contribution is 5.88. The molecule has 0 radical (unpaired) electrons. The van der Waals surface area contributed by atoms with Crippen molar-refractivity contribution in [2.75, 3.05) is 6.54 Å². The fraction of sp³-hybridized carbons (Fsp3) is 0.579. The summed E-state index contributed by atoms with van der Waals surface area (Å²) in [7, 11) is 0. The van der Waals surface area contributed by atoms with Crippen LogP contribution in [-0.2, 0) is 16.0 Å². The second-order valence-corrected chi connectivity index (χ2v) is 8.20. The number of piperidine rings is 1. The normalized spacial score (nSPS) is 40.0. The zero-order chi connectivity index (χ0) is 17.2. The smallest absolute Gasteiger partial charge is 0.240 e. The van der Waals surface area contributed by atoms with E-state index in [2.05, 4.69) is 19.3 Å². The van der Waals surface area contributed by atoms with E-state index in [-0.39, 0.29) is 22.6 Å². The van der Waals surface area contributed by atoms with Crippen LogP contribution >= 0.6 is 0 Å². The van der Waals surface area contributed by atoms with Crippen LogP contribution in [0, 0.1) is 16.7 Å². The number of carbonyl (C=O) groups excluding carboxylic acids is 2. The van der Waals surface area contributed by atoms with E-state index >= 15 is 0 Å². The van der Waals surface area contributed by atoms with Gasteiger partial charge in [-0.15, -0.1) is 0 Å². The van der Waals surface area contributed by atoms with Crippen LogP contribution in [0.2, 0.25) is 0 Å². The molecular formula is C19H25N3O2. The number of amides is 2. The van der Waals surface area contributed by atoms with Crippen molar-refractivity contribution in [3.05, 3.63) is 35.9 Å². The Morgan fingerprint density at radius 3 is 2.62 bits per heavy atom. The highest BCUT2D eigenvalue weighted by Crippen LogP contribution is 2.75. The van der Waals surface area contributed by atoms with E-state index in [0.29, 0.717) is 18.9 Å². The molecule has 3 N–H and O–H groups in total. The van der Waals surface area contributed by atoms with Gasteiger partial charge in [-0.3, -0.25) is 15.0 Å². The molecule has 0 spiro atoms. The Kier molecular flexibility index (Phi) is 3.14. The minimum Gasteiger partial charge on any atom is -0.368 e. The molecule has 4 unspecified atom stereocenters. The molecule has 3 fully saturated rings. The first-order chi connectivity index (χ1) is 11.3. The van der Waals surface area contributed by atoms with Gasteiger partial charge in [0, 0.05) is 12.0 Å². The van der Waals surface area contributed by atoms with Crippen LogP contribution in [0.15, 0.2) is 30.3 Å². The molecule has 2 aliphatic carbocycles. The largest absolute Gasteiger partial charge is 0.368 e. The van der Waals surface area contributed by atoms with E-state index in [1.807, 2.05) is 35.3 Å². The lowest BCUT2D eigenvalue weighted by Gasteiger charge is -2.45. The first-order valence-corrected chi connectivity index (χ1v) is 8.74. The van der Waals surface area contributed by atoms with Gasteiger partial charge < -0.3 is 5.73 Å². The predicted octanol–water partition coefficient (Wildman–Crippen LogP) is 1.63. The minimum atomic E-state index is -0.739. The Balaban J connectivity index is 1.59. The number of hydrazine groups is 1. The summed E-state index contributed by atoms with van der Waals surface area (Å²) in [5.74, 6) is 0.144. The Morgan fingerprint density at radius 1 is 1.29 bits per heavy atom. The van der Waals surface area contributed by atoms with E-state index in [1.165, 1.54) is 0 Å². The van der Waals surface area contributed by atoms with Crippen molar-refractivity contribution < 1.29 is 9.59 Å². The molecule has 1 saturated heterocycles. The molecule has 128 valence electrons. The Labute approximate surface area is 142 Å². The lowest BCUT2D eigenvalue weighted by Crippen LogP contribution is -2.66. The second kappa shape index (κ2) is 4.82. The Hall–Kier alpha value is -1.88. The summed E-state index contributed by atoms with van der Waals surface area (Å²) in [6.45, 7) is 5.16. The van der Waals surface area contributed by atoms with E-state index in [1.54, 1.807) is 0 Å². The number of nitrogens with two attached hydrogens (primary N) is 1. The maximum absolute atomic E-state index is 12.5. The van der Waals surface area contributed by atoms with Crippen molar-refractivity contribution in [2.24, 2.45) is 22.5 Å². The van der Waals surface area contributed by atoms with Crippen molar-refractivity contribution in [2.45, 2.75) is 45.1 Å². The molecule has 4 bridgehead atoms. The first-order valence-electron chi connectivity index (χ1n) is 8.74. The molecule has 3 aliphatic rings. The molecule has 5 nitrogen and oxygen atoms in total. The maximum Gasteiger partial charge on any atom is 0.240 e. The van der Waals surface area contributed by atoms with Crippen LogP contribution in [0.25, 0.3) is 0 Å². The molecule has 4 rings (SSSR count). The molecule has 1 aromatic carbocycles. The molecule has 2 amide bonds. The number of hydrogen-bond donors (Lipinski definition) is 2. The molecule has 1 heterocycles. The quantitative estimate of drug-likeness (QED) is 0.882. The third-order valence-electron chi connectivity index (χ3n) is 7.43. The maximum atomic E-state index is 12.5. The van der Waals surface area contributed by atoms with Gasteiger partial charge >= 0.3 is 0 Å².